The second-order valence-corrected chi connectivity index (χ2v) is 11.5. The highest BCUT2D eigenvalue weighted by atomic mass is 16.3. The lowest BCUT2D eigenvalue weighted by atomic mass is 9.67. The van der Waals surface area contributed by atoms with Crippen LogP contribution >= 0.6 is 0 Å². The standard InChI is InChI=1S/C30H42O2/c1-15(2)21-11-9-17(5)25-23(21)13-19(7)29(31)27(25)28-26-18(6)10-12-22(16(3)4)24(26)14-20(8)30(28)32/h13-18,21-22,31-32H,9-12H2,1-8H3. The van der Waals surface area contributed by atoms with Gasteiger partial charge in [-0.05, 0) is 108 Å². The van der Waals surface area contributed by atoms with Crippen molar-refractivity contribution in [1.29, 1.82) is 0 Å². The zero-order valence-electron chi connectivity index (χ0n) is 21.3. The van der Waals surface area contributed by atoms with Crippen LogP contribution in [-0.2, 0) is 0 Å². The molecule has 2 aliphatic rings. The molecular formula is C30H42O2. The Hall–Kier alpha value is -1.96. The van der Waals surface area contributed by atoms with Crippen molar-refractivity contribution in [3.05, 3.63) is 45.5 Å². The Morgan fingerprint density at radius 2 is 1.00 bits per heavy atom. The van der Waals surface area contributed by atoms with Crippen molar-refractivity contribution >= 4 is 0 Å². The minimum absolute atomic E-state index is 0.363. The van der Waals surface area contributed by atoms with Crippen molar-refractivity contribution < 1.29 is 10.2 Å². The number of fused-ring (bicyclic) bond motifs is 2. The summed E-state index contributed by atoms with van der Waals surface area (Å²) in [5, 5.41) is 23.0. The summed E-state index contributed by atoms with van der Waals surface area (Å²) < 4.78 is 0. The maximum atomic E-state index is 11.5. The van der Waals surface area contributed by atoms with Crippen molar-refractivity contribution in [3.8, 4) is 22.6 Å². The first-order valence-electron chi connectivity index (χ1n) is 12.8. The highest BCUT2D eigenvalue weighted by Crippen LogP contribution is 2.56. The molecule has 0 aliphatic heterocycles. The number of aryl methyl sites for hydroxylation is 2. The summed E-state index contributed by atoms with van der Waals surface area (Å²) in [5.74, 6) is 3.59. The Kier molecular flexibility index (Phi) is 6.11. The number of benzene rings is 2. The molecule has 0 heterocycles. The van der Waals surface area contributed by atoms with E-state index in [0.29, 0.717) is 47.0 Å². The Labute approximate surface area is 195 Å². The maximum Gasteiger partial charge on any atom is 0.126 e. The number of phenolic OH excluding ortho intramolecular Hbond substituents is 2. The molecule has 0 aromatic heterocycles. The molecule has 0 saturated carbocycles. The Morgan fingerprint density at radius 1 is 0.656 bits per heavy atom. The summed E-state index contributed by atoms with van der Waals surface area (Å²) in [5.41, 5.74) is 9.04. The first-order chi connectivity index (χ1) is 15.0. The molecule has 2 aromatic carbocycles. The van der Waals surface area contributed by atoms with Gasteiger partial charge in [0.25, 0.3) is 0 Å². The first-order valence-corrected chi connectivity index (χ1v) is 12.8. The summed E-state index contributed by atoms with van der Waals surface area (Å²) in [6.45, 7) is 17.9. The lowest BCUT2D eigenvalue weighted by Gasteiger charge is -2.38. The largest absolute Gasteiger partial charge is 0.507 e. The zero-order chi connectivity index (χ0) is 23.5. The van der Waals surface area contributed by atoms with Gasteiger partial charge in [0.1, 0.15) is 11.5 Å². The van der Waals surface area contributed by atoms with Gasteiger partial charge in [-0.25, -0.2) is 0 Å². The molecule has 174 valence electrons. The first kappa shape index (κ1) is 23.2. The number of rotatable bonds is 3. The zero-order valence-corrected chi connectivity index (χ0v) is 21.3. The van der Waals surface area contributed by atoms with Crippen molar-refractivity contribution in [2.24, 2.45) is 11.8 Å². The third-order valence-electron chi connectivity index (χ3n) is 8.59. The predicted octanol–water partition coefficient (Wildman–Crippen LogP) is 8.66. The third-order valence-corrected chi connectivity index (χ3v) is 8.59. The van der Waals surface area contributed by atoms with E-state index in [4.69, 9.17) is 0 Å². The van der Waals surface area contributed by atoms with E-state index < -0.39 is 0 Å². The van der Waals surface area contributed by atoms with Gasteiger partial charge < -0.3 is 10.2 Å². The van der Waals surface area contributed by atoms with E-state index in [2.05, 4.69) is 53.7 Å². The monoisotopic (exact) mass is 434 g/mol. The van der Waals surface area contributed by atoms with Crippen LogP contribution in [0.15, 0.2) is 12.1 Å². The second-order valence-electron chi connectivity index (χ2n) is 11.5. The third kappa shape index (κ3) is 3.55. The number of phenols is 2. The topological polar surface area (TPSA) is 40.5 Å². The molecule has 2 aliphatic carbocycles. The molecule has 0 fully saturated rings. The smallest absolute Gasteiger partial charge is 0.126 e. The lowest BCUT2D eigenvalue weighted by molar-refractivity contribution is 0.402. The average Bonchev–Trinajstić information content (AvgIpc) is 2.71. The van der Waals surface area contributed by atoms with Crippen LogP contribution in [-0.4, -0.2) is 10.2 Å². The Bertz CT molecular complexity index is 947. The van der Waals surface area contributed by atoms with E-state index in [1.807, 2.05) is 13.8 Å². The van der Waals surface area contributed by atoms with E-state index >= 15 is 0 Å². The molecule has 2 N–H and O–H groups in total. The van der Waals surface area contributed by atoms with Crippen LogP contribution in [0.2, 0.25) is 0 Å². The molecule has 0 spiro atoms. The van der Waals surface area contributed by atoms with E-state index in [-0.39, 0.29) is 0 Å². The summed E-state index contributed by atoms with van der Waals surface area (Å²) in [7, 11) is 0. The van der Waals surface area contributed by atoms with Crippen LogP contribution in [0, 0.1) is 25.7 Å². The lowest BCUT2D eigenvalue weighted by Crippen LogP contribution is -2.21. The molecule has 0 amide bonds. The molecule has 2 heteroatoms. The molecule has 4 atom stereocenters. The van der Waals surface area contributed by atoms with Gasteiger partial charge in [-0.15, -0.1) is 0 Å². The van der Waals surface area contributed by atoms with Gasteiger partial charge in [0.2, 0.25) is 0 Å². The maximum absolute atomic E-state index is 11.5. The molecule has 4 rings (SSSR count). The average molecular weight is 435 g/mol. The van der Waals surface area contributed by atoms with E-state index in [1.54, 1.807) is 0 Å². The summed E-state index contributed by atoms with van der Waals surface area (Å²) >= 11 is 0. The van der Waals surface area contributed by atoms with E-state index in [0.717, 1.165) is 35.1 Å². The van der Waals surface area contributed by atoms with Crippen molar-refractivity contribution in [2.75, 3.05) is 0 Å². The second kappa shape index (κ2) is 8.43. The Morgan fingerprint density at radius 3 is 1.31 bits per heavy atom. The minimum Gasteiger partial charge on any atom is -0.507 e. The molecule has 0 saturated heterocycles. The molecule has 2 aromatic rings. The fraction of sp³-hybridized carbons (Fsp3) is 0.600. The molecule has 2 nitrogen and oxygen atoms in total. The molecule has 32 heavy (non-hydrogen) atoms. The number of aromatic hydroxyl groups is 2. The van der Waals surface area contributed by atoms with Gasteiger partial charge in [-0.2, -0.15) is 0 Å². The van der Waals surface area contributed by atoms with Gasteiger partial charge in [0.05, 0.1) is 0 Å². The van der Waals surface area contributed by atoms with Crippen LogP contribution in [0.5, 0.6) is 11.5 Å². The summed E-state index contributed by atoms with van der Waals surface area (Å²) in [6, 6.07) is 4.46. The quantitative estimate of drug-likeness (QED) is 0.507. The molecule has 4 unspecified atom stereocenters. The molecule has 0 bridgehead atoms. The predicted molar refractivity (Wildman–Crippen MR) is 135 cm³/mol. The van der Waals surface area contributed by atoms with Gasteiger partial charge in [-0.3, -0.25) is 0 Å². The molecule has 0 radical (unpaired) electrons. The Balaban J connectivity index is 2.12. The van der Waals surface area contributed by atoms with Crippen LogP contribution in [0.3, 0.4) is 0 Å². The van der Waals surface area contributed by atoms with Crippen LogP contribution in [0.1, 0.15) is 124 Å². The minimum atomic E-state index is 0.363. The summed E-state index contributed by atoms with van der Waals surface area (Å²) in [6.07, 6.45) is 4.65. The van der Waals surface area contributed by atoms with Crippen molar-refractivity contribution in [1.82, 2.24) is 0 Å². The van der Waals surface area contributed by atoms with Crippen LogP contribution in [0.4, 0.5) is 0 Å². The normalized spacial score (nSPS) is 25.2. The van der Waals surface area contributed by atoms with Crippen LogP contribution < -0.4 is 0 Å². The molecular weight excluding hydrogens is 392 g/mol. The fourth-order valence-corrected chi connectivity index (χ4v) is 6.72. The van der Waals surface area contributed by atoms with Crippen LogP contribution in [0.25, 0.3) is 11.1 Å². The van der Waals surface area contributed by atoms with Gasteiger partial charge >= 0.3 is 0 Å². The SMILES string of the molecule is Cc1cc2c(c(-c3c(O)c(C)cc4c3C(C)CCC4C(C)C)c1O)C(C)CCC2C(C)C. The van der Waals surface area contributed by atoms with Gasteiger partial charge in [0.15, 0.2) is 0 Å². The van der Waals surface area contributed by atoms with E-state index in [9.17, 15) is 10.2 Å². The summed E-state index contributed by atoms with van der Waals surface area (Å²) in [4.78, 5) is 0. The fourth-order valence-electron chi connectivity index (χ4n) is 6.72. The van der Waals surface area contributed by atoms with Crippen molar-refractivity contribution in [3.63, 3.8) is 0 Å². The van der Waals surface area contributed by atoms with Crippen molar-refractivity contribution in [2.45, 2.75) is 105 Å². The van der Waals surface area contributed by atoms with Gasteiger partial charge in [0, 0.05) is 11.1 Å². The number of hydrogen-bond acceptors (Lipinski definition) is 2. The highest BCUT2D eigenvalue weighted by Gasteiger charge is 2.36. The highest BCUT2D eigenvalue weighted by molar-refractivity contribution is 5.86. The van der Waals surface area contributed by atoms with E-state index in [1.165, 1.54) is 35.1 Å². The van der Waals surface area contributed by atoms with Gasteiger partial charge in [-0.1, -0.05) is 53.7 Å². The number of hydrogen-bond donors (Lipinski definition) is 2.